The maximum Gasteiger partial charge on any atom is 0.267 e. The molecule has 118 valence electrons. The van der Waals surface area contributed by atoms with Crippen LogP contribution in [0.25, 0.3) is 5.57 Å². The number of hydrogen-bond acceptors (Lipinski definition) is 4. The van der Waals surface area contributed by atoms with Gasteiger partial charge in [0.1, 0.15) is 0 Å². The fourth-order valence-electron chi connectivity index (χ4n) is 3.24. The van der Waals surface area contributed by atoms with Gasteiger partial charge in [0.05, 0.1) is 16.9 Å². The molecular formula is C17H23N3OS. The lowest BCUT2D eigenvalue weighted by Gasteiger charge is -2.23. The minimum atomic E-state index is 0.155. The Balaban J connectivity index is 1.97. The van der Waals surface area contributed by atoms with Crippen LogP contribution in [0.15, 0.2) is 33.9 Å². The highest BCUT2D eigenvalue weighted by molar-refractivity contribution is 8.00. The van der Waals surface area contributed by atoms with Crippen LogP contribution in [0.5, 0.6) is 0 Å². The first-order valence-electron chi connectivity index (χ1n) is 8.00. The third-order valence-electron chi connectivity index (χ3n) is 4.55. The van der Waals surface area contributed by atoms with E-state index in [1.54, 1.807) is 18.1 Å². The maximum atomic E-state index is 12.8. The van der Waals surface area contributed by atoms with Crippen LogP contribution in [0.1, 0.15) is 50.8 Å². The molecule has 3 rings (SSSR count). The van der Waals surface area contributed by atoms with Crippen LogP contribution in [-0.4, -0.2) is 22.4 Å². The van der Waals surface area contributed by atoms with Crippen molar-refractivity contribution in [2.24, 2.45) is 0 Å². The Morgan fingerprint density at radius 3 is 2.91 bits per heavy atom. The molecule has 1 N–H and O–H groups in total. The number of allylic oxidation sites excluding steroid dienone is 2. The summed E-state index contributed by atoms with van der Waals surface area (Å²) in [6.07, 6.45) is 11.7. The molecule has 4 nitrogen and oxygen atoms in total. The van der Waals surface area contributed by atoms with Crippen LogP contribution >= 0.6 is 11.8 Å². The molecule has 1 aromatic rings. The summed E-state index contributed by atoms with van der Waals surface area (Å²) in [4.78, 5) is 18.3. The Hall–Kier alpha value is -1.49. The fourth-order valence-corrected chi connectivity index (χ4v) is 4.43. The van der Waals surface area contributed by atoms with E-state index >= 15 is 0 Å². The highest BCUT2D eigenvalue weighted by atomic mass is 32.2. The van der Waals surface area contributed by atoms with Crippen LogP contribution in [0.2, 0.25) is 0 Å². The van der Waals surface area contributed by atoms with Crippen LogP contribution < -0.4 is 10.9 Å². The van der Waals surface area contributed by atoms with E-state index in [2.05, 4.69) is 17.2 Å². The molecule has 0 aromatic carbocycles. The first-order valence-corrected chi connectivity index (χ1v) is 8.99. The van der Waals surface area contributed by atoms with Crippen molar-refractivity contribution in [3.8, 4) is 0 Å². The van der Waals surface area contributed by atoms with Gasteiger partial charge in [0, 0.05) is 18.8 Å². The average Bonchev–Trinajstić information content (AvgIpc) is 2.99. The first kappa shape index (κ1) is 15.4. The number of nitrogens with zero attached hydrogens (tertiary/aromatic N) is 2. The third-order valence-corrected chi connectivity index (χ3v) is 5.64. The first-order chi connectivity index (χ1) is 10.7. The van der Waals surface area contributed by atoms with Crippen molar-refractivity contribution < 1.29 is 0 Å². The SMILES string of the molecule is CN/C=C\C(C)=C1/CSc2c1ncn(C1CCCCC1)c2=O. The van der Waals surface area contributed by atoms with E-state index in [4.69, 9.17) is 0 Å². The summed E-state index contributed by atoms with van der Waals surface area (Å²) in [5.41, 5.74) is 3.39. The van der Waals surface area contributed by atoms with E-state index in [1.807, 2.05) is 23.9 Å². The molecule has 1 aliphatic carbocycles. The van der Waals surface area contributed by atoms with E-state index in [1.165, 1.54) is 30.4 Å². The van der Waals surface area contributed by atoms with Gasteiger partial charge < -0.3 is 5.32 Å². The van der Waals surface area contributed by atoms with Gasteiger partial charge >= 0.3 is 0 Å². The second-order valence-corrected chi connectivity index (χ2v) is 6.98. The van der Waals surface area contributed by atoms with E-state index < -0.39 is 0 Å². The summed E-state index contributed by atoms with van der Waals surface area (Å²) in [5.74, 6) is 0.839. The minimum absolute atomic E-state index is 0.155. The molecule has 1 fully saturated rings. The van der Waals surface area contributed by atoms with Crippen molar-refractivity contribution in [2.75, 3.05) is 12.8 Å². The summed E-state index contributed by atoms with van der Waals surface area (Å²) in [5, 5.41) is 3.00. The van der Waals surface area contributed by atoms with Crippen molar-refractivity contribution >= 4 is 17.3 Å². The Bertz CT molecular complexity index is 669. The molecule has 0 bridgehead atoms. The van der Waals surface area contributed by atoms with Gasteiger partial charge in [0.2, 0.25) is 0 Å². The lowest BCUT2D eigenvalue weighted by Crippen LogP contribution is -2.28. The van der Waals surface area contributed by atoms with Crippen molar-refractivity contribution in [1.29, 1.82) is 0 Å². The van der Waals surface area contributed by atoms with Gasteiger partial charge in [0.25, 0.3) is 5.56 Å². The number of rotatable bonds is 3. The highest BCUT2D eigenvalue weighted by Gasteiger charge is 2.26. The molecule has 0 unspecified atom stereocenters. The van der Waals surface area contributed by atoms with Crippen LogP contribution in [0.3, 0.4) is 0 Å². The van der Waals surface area contributed by atoms with Gasteiger partial charge in [-0.1, -0.05) is 19.3 Å². The lowest BCUT2D eigenvalue weighted by molar-refractivity contribution is 0.341. The summed E-state index contributed by atoms with van der Waals surface area (Å²) in [6, 6.07) is 0.345. The minimum Gasteiger partial charge on any atom is -0.394 e. The second kappa shape index (κ2) is 6.73. The van der Waals surface area contributed by atoms with Gasteiger partial charge in [-0.3, -0.25) is 9.36 Å². The highest BCUT2D eigenvalue weighted by Crippen LogP contribution is 2.37. The number of aromatic nitrogens is 2. The smallest absolute Gasteiger partial charge is 0.267 e. The normalized spacial score (nSPS) is 21.2. The van der Waals surface area contributed by atoms with Gasteiger partial charge in [-0.15, -0.1) is 11.8 Å². The molecule has 0 atom stereocenters. The number of hydrogen-bond donors (Lipinski definition) is 1. The zero-order valence-electron chi connectivity index (χ0n) is 13.3. The summed E-state index contributed by atoms with van der Waals surface area (Å²) in [7, 11) is 1.88. The fraction of sp³-hybridized carbons (Fsp3) is 0.529. The topological polar surface area (TPSA) is 46.9 Å². The molecule has 1 saturated carbocycles. The number of fused-ring (bicyclic) bond motifs is 1. The zero-order valence-corrected chi connectivity index (χ0v) is 14.1. The third kappa shape index (κ3) is 2.86. The quantitative estimate of drug-likeness (QED) is 0.928. The number of nitrogens with one attached hydrogen (secondary N) is 1. The lowest BCUT2D eigenvalue weighted by atomic mass is 9.95. The average molecular weight is 317 g/mol. The standard InChI is InChI=1S/C17H23N3OS/c1-12(8-9-18-2)14-10-22-16-15(14)19-11-20(17(16)21)13-6-4-3-5-7-13/h8-9,11,13,18H,3-7,10H2,1-2H3/b9-8-,14-12+. The second-order valence-electron chi connectivity index (χ2n) is 6.00. The molecule has 5 heteroatoms. The molecule has 2 aliphatic rings. The molecule has 0 spiro atoms. The zero-order chi connectivity index (χ0) is 15.5. The van der Waals surface area contributed by atoms with E-state index in [-0.39, 0.29) is 5.56 Å². The van der Waals surface area contributed by atoms with Gasteiger partial charge in [-0.25, -0.2) is 4.98 Å². The molecule has 1 aliphatic heterocycles. The van der Waals surface area contributed by atoms with Crippen LogP contribution in [0.4, 0.5) is 0 Å². The van der Waals surface area contributed by atoms with Gasteiger partial charge in [-0.05, 0) is 43.2 Å². The molecular weight excluding hydrogens is 294 g/mol. The van der Waals surface area contributed by atoms with Crippen LogP contribution in [-0.2, 0) is 0 Å². The van der Waals surface area contributed by atoms with Crippen molar-refractivity contribution in [2.45, 2.75) is 50.0 Å². The Morgan fingerprint density at radius 2 is 2.18 bits per heavy atom. The Labute approximate surface area is 135 Å². The van der Waals surface area contributed by atoms with Crippen molar-refractivity contribution in [3.63, 3.8) is 0 Å². The largest absolute Gasteiger partial charge is 0.394 e. The van der Waals surface area contributed by atoms with E-state index in [9.17, 15) is 4.79 Å². The summed E-state index contributed by atoms with van der Waals surface area (Å²) >= 11 is 1.63. The van der Waals surface area contributed by atoms with E-state index in [0.717, 1.165) is 29.2 Å². The molecule has 22 heavy (non-hydrogen) atoms. The maximum absolute atomic E-state index is 12.8. The molecule has 1 aromatic heterocycles. The predicted molar refractivity (Wildman–Crippen MR) is 92.1 cm³/mol. The summed E-state index contributed by atoms with van der Waals surface area (Å²) in [6.45, 7) is 2.08. The van der Waals surface area contributed by atoms with Crippen molar-refractivity contribution in [1.82, 2.24) is 14.9 Å². The van der Waals surface area contributed by atoms with Gasteiger partial charge in [-0.2, -0.15) is 0 Å². The molecule has 0 radical (unpaired) electrons. The summed E-state index contributed by atoms with van der Waals surface area (Å²) < 4.78 is 1.88. The Morgan fingerprint density at radius 1 is 1.41 bits per heavy atom. The molecule has 0 saturated heterocycles. The van der Waals surface area contributed by atoms with Gasteiger partial charge in [0.15, 0.2) is 0 Å². The predicted octanol–water partition coefficient (Wildman–Crippen LogP) is 3.36. The van der Waals surface area contributed by atoms with Crippen molar-refractivity contribution in [3.05, 3.63) is 40.2 Å². The Kier molecular flexibility index (Phi) is 4.71. The number of thioether (sulfide) groups is 1. The monoisotopic (exact) mass is 317 g/mol. The molecule has 0 amide bonds. The molecule has 2 heterocycles. The van der Waals surface area contributed by atoms with E-state index in [0.29, 0.717) is 6.04 Å². The van der Waals surface area contributed by atoms with Crippen LogP contribution in [0, 0.1) is 0 Å².